The highest BCUT2D eigenvalue weighted by Crippen LogP contribution is 2.69. The van der Waals surface area contributed by atoms with Gasteiger partial charge in [-0.3, -0.25) is 4.55 Å². The highest BCUT2D eigenvalue weighted by molar-refractivity contribution is 7.80. The van der Waals surface area contributed by atoms with Crippen LogP contribution in [0.4, 0.5) is 0 Å². The predicted octanol–water partition coefficient (Wildman–Crippen LogP) is 4.46. The molecule has 11 atom stereocenters. The molecule has 0 heterocycles. The Labute approximate surface area is 194 Å². The Morgan fingerprint density at radius 1 is 1.00 bits per heavy atom. The zero-order chi connectivity index (χ0) is 23.5. The molecule has 3 N–H and O–H groups in total. The van der Waals surface area contributed by atoms with E-state index in [2.05, 4.69) is 31.9 Å². The van der Waals surface area contributed by atoms with Crippen molar-refractivity contribution in [3.05, 3.63) is 0 Å². The third-order valence-corrected chi connectivity index (χ3v) is 11.4. The number of hydrogen-bond acceptors (Lipinski definition) is 5. The van der Waals surface area contributed by atoms with E-state index in [0.717, 1.165) is 51.4 Å². The lowest BCUT2D eigenvalue weighted by molar-refractivity contribution is -0.203. The van der Waals surface area contributed by atoms with Gasteiger partial charge < -0.3 is 10.2 Å². The molecular formula is C25H44O6S. The lowest BCUT2D eigenvalue weighted by Gasteiger charge is -2.64. The largest absolute Gasteiger partial charge is 0.397 e. The third-order valence-electron chi connectivity index (χ3n) is 11.0. The number of aliphatic hydroxyl groups excluding tert-OH is 2. The maximum atomic E-state index is 11.7. The van der Waals surface area contributed by atoms with Crippen LogP contribution in [0, 0.1) is 52.3 Å². The quantitative estimate of drug-likeness (QED) is 0.493. The molecule has 6 nitrogen and oxygen atoms in total. The van der Waals surface area contributed by atoms with Crippen LogP contribution in [0.1, 0.15) is 85.5 Å². The fourth-order valence-corrected chi connectivity index (χ4v) is 9.78. The van der Waals surface area contributed by atoms with Crippen LogP contribution in [0.3, 0.4) is 0 Å². The minimum Gasteiger partial charge on any atom is -0.393 e. The van der Waals surface area contributed by atoms with Crippen LogP contribution in [0.25, 0.3) is 0 Å². The molecule has 0 amide bonds. The SMILES string of the molecule is CCC1C(O)C2C3CCC(C(C)CCOS(=O)(=O)O)C3(C)CCC2C2(C)CCC(O)CC12. The van der Waals surface area contributed by atoms with Crippen molar-refractivity contribution < 1.29 is 27.4 Å². The molecule has 4 aliphatic rings. The lowest BCUT2D eigenvalue weighted by Crippen LogP contribution is -2.62. The Kier molecular flexibility index (Phi) is 6.83. The van der Waals surface area contributed by atoms with Crippen LogP contribution in [0.2, 0.25) is 0 Å². The van der Waals surface area contributed by atoms with Gasteiger partial charge in [-0.1, -0.05) is 34.1 Å². The molecule has 0 spiro atoms. The Hall–Kier alpha value is -0.210. The van der Waals surface area contributed by atoms with E-state index in [1.54, 1.807) is 0 Å². The van der Waals surface area contributed by atoms with Crippen LogP contribution in [0.5, 0.6) is 0 Å². The summed E-state index contributed by atoms with van der Waals surface area (Å²) in [5.74, 6) is 2.78. The van der Waals surface area contributed by atoms with E-state index < -0.39 is 10.4 Å². The maximum Gasteiger partial charge on any atom is 0.397 e. The number of aliphatic hydroxyl groups is 2. The molecular weight excluding hydrogens is 428 g/mol. The molecule has 0 aliphatic heterocycles. The van der Waals surface area contributed by atoms with E-state index in [0.29, 0.717) is 41.9 Å². The Morgan fingerprint density at radius 2 is 1.66 bits per heavy atom. The van der Waals surface area contributed by atoms with Gasteiger partial charge in [0, 0.05) is 0 Å². The second kappa shape index (κ2) is 8.78. The van der Waals surface area contributed by atoms with E-state index >= 15 is 0 Å². The first kappa shape index (κ1) is 24.9. The van der Waals surface area contributed by atoms with Crippen LogP contribution < -0.4 is 0 Å². The molecule has 7 heteroatoms. The van der Waals surface area contributed by atoms with Gasteiger partial charge in [-0.05, 0) is 104 Å². The van der Waals surface area contributed by atoms with Crippen molar-refractivity contribution >= 4 is 10.4 Å². The second-order valence-electron chi connectivity index (χ2n) is 12.1. The summed E-state index contributed by atoms with van der Waals surface area (Å²) in [5, 5.41) is 22.1. The summed E-state index contributed by atoms with van der Waals surface area (Å²) in [7, 11) is -4.39. The van der Waals surface area contributed by atoms with E-state index in [4.69, 9.17) is 4.55 Å². The van der Waals surface area contributed by atoms with Crippen molar-refractivity contribution in [1.29, 1.82) is 0 Å². The zero-order valence-corrected chi connectivity index (χ0v) is 21.1. The fourth-order valence-electron chi connectivity index (χ4n) is 9.47. The molecule has 0 bridgehead atoms. The topological polar surface area (TPSA) is 104 Å². The molecule has 0 aromatic rings. The number of rotatable bonds is 6. The Morgan fingerprint density at radius 3 is 2.31 bits per heavy atom. The van der Waals surface area contributed by atoms with E-state index in [-0.39, 0.29) is 35.6 Å². The first-order valence-electron chi connectivity index (χ1n) is 12.9. The van der Waals surface area contributed by atoms with Crippen molar-refractivity contribution in [2.24, 2.45) is 52.3 Å². The fraction of sp³-hybridized carbons (Fsp3) is 1.00. The number of fused-ring (bicyclic) bond motifs is 5. The van der Waals surface area contributed by atoms with Crippen LogP contribution in [-0.4, -0.2) is 42.0 Å². The van der Waals surface area contributed by atoms with Gasteiger partial charge in [0.25, 0.3) is 0 Å². The van der Waals surface area contributed by atoms with Crippen LogP contribution in [-0.2, 0) is 14.6 Å². The minimum absolute atomic E-state index is 0.0198. The van der Waals surface area contributed by atoms with Crippen LogP contribution >= 0.6 is 0 Å². The smallest absolute Gasteiger partial charge is 0.393 e. The highest BCUT2D eigenvalue weighted by atomic mass is 32.3. The van der Waals surface area contributed by atoms with E-state index in [1.807, 2.05) is 0 Å². The van der Waals surface area contributed by atoms with Gasteiger partial charge in [-0.2, -0.15) is 8.42 Å². The lowest BCUT2D eigenvalue weighted by atomic mass is 9.41. The van der Waals surface area contributed by atoms with Gasteiger partial charge in [0.15, 0.2) is 0 Å². The second-order valence-corrected chi connectivity index (χ2v) is 13.2. The number of hydrogen-bond donors (Lipinski definition) is 3. The summed E-state index contributed by atoms with van der Waals surface area (Å²) in [6, 6.07) is 0. The molecule has 186 valence electrons. The molecule has 0 aromatic carbocycles. The summed E-state index contributed by atoms with van der Waals surface area (Å²) < 4.78 is 35.4. The van der Waals surface area contributed by atoms with Crippen molar-refractivity contribution in [1.82, 2.24) is 0 Å². The van der Waals surface area contributed by atoms with Gasteiger partial charge in [-0.25, -0.2) is 4.18 Å². The maximum absolute atomic E-state index is 11.7. The van der Waals surface area contributed by atoms with Gasteiger partial charge in [-0.15, -0.1) is 0 Å². The van der Waals surface area contributed by atoms with Crippen LogP contribution in [0.15, 0.2) is 0 Å². The third kappa shape index (κ3) is 4.08. The molecule has 0 aromatic heterocycles. The summed E-state index contributed by atoms with van der Waals surface area (Å²) in [6.07, 6.45) is 8.38. The highest BCUT2D eigenvalue weighted by Gasteiger charge is 2.64. The van der Waals surface area contributed by atoms with Crippen molar-refractivity contribution in [3.63, 3.8) is 0 Å². The summed E-state index contributed by atoms with van der Waals surface area (Å²) >= 11 is 0. The van der Waals surface area contributed by atoms with Crippen molar-refractivity contribution in [2.75, 3.05) is 6.61 Å². The molecule has 4 fully saturated rings. The summed E-state index contributed by atoms with van der Waals surface area (Å²) in [6.45, 7) is 9.28. The van der Waals surface area contributed by atoms with Crippen molar-refractivity contribution in [2.45, 2.75) is 97.7 Å². The molecule has 32 heavy (non-hydrogen) atoms. The standard InChI is InChI=1S/C25H44O6S/c1-5-17-21-14-16(26)8-11-25(21,4)20-9-12-24(3)18(6-7-19(24)22(20)23(17)27)15(2)10-13-31-32(28,29)30/h15-23,26-27H,5-14H2,1-4H3,(H,28,29,30). The monoisotopic (exact) mass is 472 g/mol. The normalized spacial score (nSPS) is 49.7. The molecule has 0 saturated heterocycles. The van der Waals surface area contributed by atoms with Gasteiger partial charge in [0.05, 0.1) is 18.8 Å². The first-order chi connectivity index (χ1) is 14.9. The zero-order valence-electron chi connectivity index (χ0n) is 20.2. The Bertz CT molecular complexity index is 785. The summed E-state index contributed by atoms with van der Waals surface area (Å²) in [5.41, 5.74) is 0.355. The van der Waals surface area contributed by atoms with E-state index in [1.165, 1.54) is 0 Å². The van der Waals surface area contributed by atoms with Gasteiger partial charge >= 0.3 is 10.4 Å². The summed E-state index contributed by atoms with van der Waals surface area (Å²) in [4.78, 5) is 0. The average Bonchev–Trinajstić information content (AvgIpc) is 3.06. The van der Waals surface area contributed by atoms with Gasteiger partial charge in [0.1, 0.15) is 0 Å². The van der Waals surface area contributed by atoms with Crippen molar-refractivity contribution in [3.8, 4) is 0 Å². The predicted molar refractivity (Wildman–Crippen MR) is 123 cm³/mol. The molecule has 4 rings (SSSR count). The van der Waals surface area contributed by atoms with Gasteiger partial charge in [0.2, 0.25) is 0 Å². The first-order valence-corrected chi connectivity index (χ1v) is 14.3. The molecule has 4 aliphatic carbocycles. The molecule has 4 saturated carbocycles. The average molecular weight is 473 g/mol. The molecule has 11 unspecified atom stereocenters. The minimum atomic E-state index is -4.39. The Balaban J connectivity index is 1.56. The molecule has 0 radical (unpaired) electrons. The van der Waals surface area contributed by atoms with E-state index in [9.17, 15) is 18.6 Å².